The summed E-state index contributed by atoms with van der Waals surface area (Å²) in [6.07, 6.45) is -0.573. The predicted octanol–water partition coefficient (Wildman–Crippen LogP) is 1.50. The third kappa shape index (κ3) is 5.71. The summed E-state index contributed by atoms with van der Waals surface area (Å²) in [5.41, 5.74) is 1.60. The molecule has 0 atom stereocenters. The molecular weight excluding hydrogens is 260 g/mol. The molecule has 0 saturated heterocycles. The van der Waals surface area contributed by atoms with Crippen molar-refractivity contribution in [2.75, 3.05) is 18.5 Å². The Hall–Kier alpha value is -2.08. The molecule has 0 radical (unpaired) electrons. The Morgan fingerprint density at radius 1 is 1.25 bits per heavy atom. The van der Waals surface area contributed by atoms with Gasteiger partial charge >= 0.3 is 6.09 Å². The van der Waals surface area contributed by atoms with E-state index in [0.717, 1.165) is 11.3 Å². The van der Waals surface area contributed by atoms with E-state index in [4.69, 9.17) is 5.11 Å². The number of nitrogens with one attached hydrogen (secondary N) is 2. The average Bonchev–Trinajstić information content (AvgIpc) is 2.44. The highest BCUT2D eigenvalue weighted by atomic mass is 16.6. The summed E-state index contributed by atoms with van der Waals surface area (Å²) in [6.45, 7) is 3.75. The number of amides is 2. The number of hydrogen-bond acceptors (Lipinski definition) is 4. The van der Waals surface area contributed by atoms with Crippen LogP contribution in [0.1, 0.15) is 19.4 Å². The van der Waals surface area contributed by atoms with E-state index >= 15 is 0 Å². The first-order valence-corrected chi connectivity index (χ1v) is 6.44. The fraction of sp³-hybridized carbons (Fsp3) is 0.429. The van der Waals surface area contributed by atoms with Gasteiger partial charge in [0, 0.05) is 18.2 Å². The van der Waals surface area contributed by atoms with E-state index in [-0.39, 0.29) is 25.0 Å². The van der Waals surface area contributed by atoms with E-state index in [1.807, 2.05) is 26.0 Å². The van der Waals surface area contributed by atoms with Gasteiger partial charge in [0.1, 0.15) is 6.61 Å². The van der Waals surface area contributed by atoms with Crippen molar-refractivity contribution in [3.8, 4) is 0 Å². The number of anilines is 1. The van der Waals surface area contributed by atoms with Crippen LogP contribution in [0.2, 0.25) is 0 Å². The van der Waals surface area contributed by atoms with Crippen molar-refractivity contribution < 1.29 is 19.4 Å². The first kappa shape index (κ1) is 16.0. The van der Waals surface area contributed by atoms with Gasteiger partial charge in [0.25, 0.3) is 0 Å². The zero-order chi connectivity index (χ0) is 15.0. The summed E-state index contributed by atoms with van der Waals surface area (Å²) in [5, 5.41) is 13.8. The van der Waals surface area contributed by atoms with E-state index in [1.54, 1.807) is 12.1 Å². The Bertz CT molecular complexity index is 443. The molecule has 0 unspecified atom stereocenters. The van der Waals surface area contributed by atoms with E-state index in [0.29, 0.717) is 6.54 Å². The van der Waals surface area contributed by atoms with Crippen LogP contribution in [0.4, 0.5) is 10.5 Å². The molecule has 1 rings (SSSR count). The lowest BCUT2D eigenvalue weighted by molar-refractivity contribution is -0.118. The molecule has 0 aliphatic heterocycles. The van der Waals surface area contributed by atoms with Crippen LogP contribution in [0.3, 0.4) is 0 Å². The van der Waals surface area contributed by atoms with Crippen LogP contribution in [0.15, 0.2) is 24.3 Å². The highest BCUT2D eigenvalue weighted by Crippen LogP contribution is 2.10. The average molecular weight is 280 g/mol. The van der Waals surface area contributed by atoms with Crippen molar-refractivity contribution in [1.29, 1.82) is 0 Å². The molecule has 0 heterocycles. The van der Waals surface area contributed by atoms with Gasteiger partial charge in [-0.2, -0.15) is 0 Å². The maximum absolute atomic E-state index is 11.5. The van der Waals surface area contributed by atoms with Crippen molar-refractivity contribution in [2.24, 2.45) is 5.92 Å². The normalized spacial score (nSPS) is 10.2. The lowest BCUT2D eigenvalue weighted by Crippen LogP contribution is -2.24. The molecule has 0 bridgehead atoms. The number of carbonyl (C=O) groups is 2. The number of alkyl carbamates (subject to hydrolysis) is 1. The summed E-state index contributed by atoms with van der Waals surface area (Å²) in [4.78, 5) is 22.7. The smallest absolute Gasteiger partial charge is 0.407 e. The number of carbonyl (C=O) groups excluding carboxylic acids is 2. The number of rotatable bonds is 6. The second-order valence-electron chi connectivity index (χ2n) is 4.55. The largest absolute Gasteiger partial charge is 0.447 e. The number of benzene rings is 1. The third-order valence-electron chi connectivity index (χ3n) is 2.51. The molecule has 6 heteroatoms. The first-order valence-electron chi connectivity index (χ1n) is 6.44. The Kier molecular flexibility index (Phi) is 6.52. The van der Waals surface area contributed by atoms with Gasteiger partial charge in [0.05, 0.1) is 6.61 Å². The van der Waals surface area contributed by atoms with Crippen molar-refractivity contribution in [2.45, 2.75) is 20.4 Å². The van der Waals surface area contributed by atoms with Gasteiger partial charge in [0.2, 0.25) is 5.91 Å². The standard InChI is InChI=1S/C14H20N2O4/c1-10(2)13(18)16-12-5-3-11(4-6-12)9-15-14(19)20-8-7-17/h3-6,10,17H,7-9H2,1-2H3,(H,15,19)(H,16,18). The van der Waals surface area contributed by atoms with Crippen molar-refractivity contribution >= 4 is 17.7 Å². The van der Waals surface area contributed by atoms with Crippen molar-refractivity contribution in [1.82, 2.24) is 5.32 Å². The Labute approximate surface area is 118 Å². The van der Waals surface area contributed by atoms with Gasteiger partial charge < -0.3 is 20.5 Å². The van der Waals surface area contributed by atoms with Gasteiger partial charge in [0.15, 0.2) is 0 Å². The lowest BCUT2D eigenvalue weighted by atomic mass is 10.1. The molecule has 1 aromatic carbocycles. The molecule has 0 aromatic heterocycles. The molecule has 6 nitrogen and oxygen atoms in total. The topological polar surface area (TPSA) is 87.7 Å². The Morgan fingerprint density at radius 3 is 2.45 bits per heavy atom. The van der Waals surface area contributed by atoms with Crippen LogP contribution >= 0.6 is 0 Å². The van der Waals surface area contributed by atoms with Gasteiger partial charge in [-0.15, -0.1) is 0 Å². The third-order valence-corrected chi connectivity index (χ3v) is 2.51. The van der Waals surface area contributed by atoms with E-state index < -0.39 is 6.09 Å². The molecule has 3 N–H and O–H groups in total. The van der Waals surface area contributed by atoms with Gasteiger partial charge in [-0.25, -0.2) is 4.79 Å². The number of ether oxygens (including phenoxy) is 1. The zero-order valence-corrected chi connectivity index (χ0v) is 11.7. The fourth-order valence-corrected chi connectivity index (χ4v) is 1.36. The second-order valence-corrected chi connectivity index (χ2v) is 4.55. The van der Waals surface area contributed by atoms with Gasteiger partial charge in [-0.3, -0.25) is 4.79 Å². The molecular formula is C14H20N2O4. The predicted molar refractivity (Wildman–Crippen MR) is 75.2 cm³/mol. The van der Waals surface area contributed by atoms with Crippen LogP contribution in [-0.2, 0) is 16.1 Å². The van der Waals surface area contributed by atoms with E-state index in [2.05, 4.69) is 15.4 Å². The minimum absolute atomic E-state index is 0.0218. The molecule has 2 amide bonds. The van der Waals surface area contributed by atoms with Crippen molar-refractivity contribution in [3.63, 3.8) is 0 Å². The molecule has 0 fully saturated rings. The van der Waals surface area contributed by atoms with Crippen LogP contribution in [0, 0.1) is 5.92 Å². The molecule has 20 heavy (non-hydrogen) atoms. The SMILES string of the molecule is CC(C)C(=O)Nc1ccc(CNC(=O)OCCO)cc1. The summed E-state index contributed by atoms with van der Waals surface area (Å²) < 4.78 is 4.66. The zero-order valence-electron chi connectivity index (χ0n) is 11.7. The fourth-order valence-electron chi connectivity index (χ4n) is 1.36. The number of aliphatic hydroxyl groups is 1. The second kappa shape index (κ2) is 8.16. The van der Waals surface area contributed by atoms with Crippen LogP contribution in [0.5, 0.6) is 0 Å². The quantitative estimate of drug-likeness (QED) is 0.737. The van der Waals surface area contributed by atoms with Crippen LogP contribution in [0.25, 0.3) is 0 Å². The highest BCUT2D eigenvalue weighted by molar-refractivity contribution is 5.92. The monoisotopic (exact) mass is 280 g/mol. The molecule has 0 aliphatic carbocycles. The lowest BCUT2D eigenvalue weighted by Gasteiger charge is -2.09. The summed E-state index contributed by atoms with van der Waals surface area (Å²) in [5.74, 6) is -0.110. The Morgan fingerprint density at radius 2 is 1.90 bits per heavy atom. The summed E-state index contributed by atoms with van der Waals surface area (Å²) in [7, 11) is 0. The first-order chi connectivity index (χ1) is 9.52. The Balaban J connectivity index is 2.42. The molecule has 0 aliphatic rings. The maximum Gasteiger partial charge on any atom is 0.407 e. The van der Waals surface area contributed by atoms with Gasteiger partial charge in [-0.1, -0.05) is 26.0 Å². The van der Waals surface area contributed by atoms with Crippen LogP contribution < -0.4 is 10.6 Å². The summed E-state index contributed by atoms with van der Waals surface area (Å²) in [6, 6.07) is 7.16. The molecule has 110 valence electrons. The number of aliphatic hydroxyl groups excluding tert-OH is 1. The highest BCUT2D eigenvalue weighted by Gasteiger charge is 2.07. The van der Waals surface area contributed by atoms with Gasteiger partial charge in [-0.05, 0) is 17.7 Å². The summed E-state index contributed by atoms with van der Waals surface area (Å²) >= 11 is 0. The van der Waals surface area contributed by atoms with E-state index in [9.17, 15) is 9.59 Å². The van der Waals surface area contributed by atoms with Crippen LogP contribution in [-0.4, -0.2) is 30.3 Å². The molecule has 0 spiro atoms. The minimum atomic E-state index is -0.573. The molecule has 0 saturated carbocycles. The van der Waals surface area contributed by atoms with Crippen molar-refractivity contribution in [3.05, 3.63) is 29.8 Å². The molecule has 1 aromatic rings. The minimum Gasteiger partial charge on any atom is -0.447 e. The number of hydrogen-bond donors (Lipinski definition) is 3. The van der Waals surface area contributed by atoms with E-state index in [1.165, 1.54) is 0 Å². The maximum atomic E-state index is 11.5.